The highest BCUT2D eigenvalue weighted by molar-refractivity contribution is 5.95. The molecule has 0 aliphatic heterocycles. The van der Waals surface area contributed by atoms with Crippen molar-refractivity contribution in [1.82, 2.24) is 20.4 Å². The van der Waals surface area contributed by atoms with Crippen LogP contribution in [0.25, 0.3) is 0 Å². The van der Waals surface area contributed by atoms with Gasteiger partial charge in [0, 0.05) is 25.7 Å². The third-order valence-corrected chi connectivity index (χ3v) is 2.46. The summed E-state index contributed by atoms with van der Waals surface area (Å²) in [5.74, 6) is 0.660. The van der Waals surface area contributed by atoms with Crippen LogP contribution in [-0.2, 0) is 13.0 Å². The van der Waals surface area contributed by atoms with Crippen LogP contribution in [0.5, 0.6) is 0 Å². The van der Waals surface area contributed by atoms with Gasteiger partial charge in [0.15, 0.2) is 11.7 Å². The van der Waals surface area contributed by atoms with Crippen LogP contribution in [0.4, 0.5) is 0 Å². The van der Waals surface area contributed by atoms with E-state index < -0.39 is 0 Å². The first-order valence-electron chi connectivity index (χ1n) is 5.68. The van der Waals surface area contributed by atoms with Crippen molar-refractivity contribution in [2.45, 2.75) is 13.0 Å². The first-order valence-corrected chi connectivity index (χ1v) is 5.68. The van der Waals surface area contributed by atoms with Gasteiger partial charge < -0.3 is 20.8 Å². The Kier molecular flexibility index (Phi) is 4.40. The molecule has 0 unspecified atom stereocenters. The minimum atomic E-state index is -0.00588. The number of aromatic nitrogens is 3. The molecule has 0 radical (unpaired) electrons. The Balaban J connectivity index is 1.82. The van der Waals surface area contributed by atoms with E-state index in [4.69, 9.17) is 10.9 Å². The van der Waals surface area contributed by atoms with E-state index in [0.717, 1.165) is 12.1 Å². The van der Waals surface area contributed by atoms with Crippen molar-refractivity contribution in [3.8, 4) is 0 Å². The fourth-order valence-electron chi connectivity index (χ4n) is 1.51. The second-order valence-electron chi connectivity index (χ2n) is 3.81. The quantitative estimate of drug-likeness (QED) is 0.218. The van der Waals surface area contributed by atoms with Crippen LogP contribution in [-0.4, -0.2) is 32.7 Å². The van der Waals surface area contributed by atoms with Gasteiger partial charge in [-0.3, -0.25) is 4.98 Å². The van der Waals surface area contributed by atoms with Gasteiger partial charge in [-0.15, -0.1) is 0 Å². The molecule has 4 N–H and O–H groups in total. The standard InChI is InChI=1S/C11H14N6O2/c12-11(16-18)9-5-8(1-4-14-9)6-13-3-2-10-15-7-19-17-10/h1,4-5,7,13,18H,2-3,6H2,(H2,12,16). The summed E-state index contributed by atoms with van der Waals surface area (Å²) in [7, 11) is 0. The third kappa shape index (κ3) is 3.75. The van der Waals surface area contributed by atoms with Crippen LogP contribution >= 0.6 is 0 Å². The molecule has 0 aromatic carbocycles. The van der Waals surface area contributed by atoms with Gasteiger partial charge in [0.2, 0.25) is 6.39 Å². The van der Waals surface area contributed by atoms with Crippen molar-refractivity contribution in [2.24, 2.45) is 10.9 Å². The Morgan fingerprint density at radius 1 is 1.47 bits per heavy atom. The molecular formula is C11H14N6O2. The topological polar surface area (TPSA) is 122 Å². The molecule has 2 aromatic rings. The van der Waals surface area contributed by atoms with Gasteiger partial charge in [-0.1, -0.05) is 10.3 Å². The Morgan fingerprint density at radius 3 is 3.11 bits per heavy atom. The zero-order valence-electron chi connectivity index (χ0n) is 10.2. The van der Waals surface area contributed by atoms with E-state index in [0.29, 0.717) is 24.5 Å². The molecule has 0 amide bonds. The van der Waals surface area contributed by atoms with Crippen molar-refractivity contribution < 1.29 is 9.73 Å². The first-order chi connectivity index (χ1) is 9.29. The third-order valence-electron chi connectivity index (χ3n) is 2.46. The molecule has 19 heavy (non-hydrogen) atoms. The largest absolute Gasteiger partial charge is 0.409 e. The number of hydrogen-bond acceptors (Lipinski definition) is 7. The van der Waals surface area contributed by atoms with Gasteiger partial charge in [-0.25, -0.2) is 0 Å². The average molecular weight is 262 g/mol. The Hall–Kier alpha value is -2.48. The van der Waals surface area contributed by atoms with E-state index in [2.05, 4.69) is 30.1 Å². The van der Waals surface area contributed by atoms with E-state index in [-0.39, 0.29) is 5.84 Å². The second kappa shape index (κ2) is 6.45. The zero-order valence-corrected chi connectivity index (χ0v) is 10.2. The lowest BCUT2D eigenvalue weighted by atomic mass is 10.2. The molecule has 2 rings (SSSR count). The highest BCUT2D eigenvalue weighted by atomic mass is 16.5. The molecular weight excluding hydrogens is 248 g/mol. The summed E-state index contributed by atoms with van der Waals surface area (Å²) in [4.78, 5) is 7.92. The molecule has 8 nitrogen and oxygen atoms in total. The number of amidine groups is 1. The van der Waals surface area contributed by atoms with E-state index in [1.54, 1.807) is 12.3 Å². The van der Waals surface area contributed by atoms with E-state index in [1.165, 1.54) is 6.39 Å². The number of oxime groups is 1. The van der Waals surface area contributed by atoms with Crippen LogP contribution in [0, 0.1) is 0 Å². The Labute approximate surface area is 109 Å². The summed E-state index contributed by atoms with van der Waals surface area (Å²) < 4.78 is 4.64. The molecule has 0 fully saturated rings. The Bertz CT molecular complexity index is 540. The number of nitrogens with zero attached hydrogens (tertiary/aromatic N) is 4. The summed E-state index contributed by atoms with van der Waals surface area (Å²) in [5, 5.41) is 18.4. The lowest BCUT2D eigenvalue weighted by molar-refractivity contribution is 0.318. The predicted molar refractivity (Wildman–Crippen MR) is 66.5 cm³/mol. The summed E-state index contributed by atoms with van der Waals surface area (Å²) >= 11 is 0. The van der Waals surface area contributed by atoms with Gasteiger partial charge >= 0.3 is 0 Å². The highest BCUT2D eigenvalue weighted by Crippen LogP contribution is 2.01. The van der Waals surface area contributed by atoms with Crippen LogP contribution in [0.15, 0.2) is 34.4 Å². The van der Waals surface area contributed by atoms with Gasteiger partial charge in [0.25, 0.3) is 0 Å². The molecule has 0 spiro atoms. The number of pyridine rings is 1. The van der Waals surface area contributed by atoms with Crippen LogP contribution in [0.3, 0.4) is 0 Å². The average Bonchev–Trinajstić information content (AvgIpc) is 2.96. The van der Waals surface area contributed by atoms with Crippen molar-refractivity contribution in [1.29, 1.82) is 0 Å². The van der Waals surface area contributed by atoms with E-state index in [9.17, 15) is 0 Å². The lowest BCUT2D eigenvalue weighted by Gasteiger charge is -2.05. The maximum absolute atomic E-state index is 8.58. The molecule has 2 heterocycles. The summed E-state index contributed by atoms with van der Waals surface area (Å²) in [5.41, 5.74) is 6.91. The van der Waals surface area contributed by atoms with Crippen molar-refractivity contribution >= 4 is 5.84 Å². The molecule has 0 saturated carbocycles. The Morgan fingerprint density at radius 2 is 2.37 bits per heavy atom. The minimum absolute atomic E-state index is 0.00588. The summed E-state index contributed by atoms with van der Waals surface area (Å²) in [6.07, 6.45) is 3.61. The SMILES string of the molecule is N/C(=N/O)c1cc(CNCCc2ncon2)ccn1. The summed E-state index contributed by atoms with van der Waals surface area (Å²) in [6.45, 7) is 1.37. The highest BCUT2D eigenvalue weighted by Gasteiger charge is 2.02. The molecule has 100 valence electrons. The van der Waals surface area contributed by atoms with Crippen molar-refractivity contribution in [3.63, 3.8) is 0 Å². The van der Waals surface area contributed by atoms with Gasteiger partial charge in [0.05, 0.1) is 0 Å². The monoisotopic (exact) mass is 262 g/mol. The zero-order chi connectivity index (χ0) is 13.5. The fraction of sp³-hybridized carbons (Fsp3) is 0.273. The van der Waals surface area contributed by atoms with E-state index >= 15 is 0 Å². The number of nitrogens with one attached hydrogen (secondary N) is 1. The van der Waals surface area contributed by atoms with Gasteiger partial charge in [0.1, 0.15) is 5.69 Å². The predicted octanol–water partition coefficient (Wildman–Crippen LogP) is -0.109. The summed E-state index contributed by atoms with van der Waals surface area (Å²) in [6, 6.07) is 3.62. The fourth-order valence-corrected chi connectivity index (χ4v) is 1.51. The maximum atomic E-state index is 8.58. The lowest BCUT2D eigenvalue weighted by Crippen LogP contribution is -2.19. The number of rotatable bonds is 6. The molecule has 0 aliphatic carbocycles. The molecule has 0 aliphatic rings. The number of hydrogen-bond donors (Lipinski definition) is 3. The molecule has 0 saturated heterocycles. The second-order valence-corrected chi connectivity index (χ2v) is 3.81. The van der Waals surface area contributed by atoms with Gasteiger partial charge in [-0.05, 0) is 17.7 Å². The first kappa shape index (κ1) is 13.0. The maximum Gasteiger partial charge on any atom is 0.213 e. The smallest absolute Gasteiger partial charge is 0.213 e. The van der Waals surface area contributed by atoms with Crippen molar-refractivity contribution in [3.05, 3.63) is 41.8 Å². The van der Waals surface area contributed by atoms with Crippen molar-refractivity contribution in [2.75, 3.05) is 6.54 Å². The molecule has 0 bridgehead atoms. The van der Waals surface area contributed by atoms with Crippen LogP contribution in [0.2, 0.25) is 0 Å². The molecule has 0 atom stereocenters. The van der Waals surface area contributed by atoms with E-state index in [1.807, 2.05) is 6.07 Å². The van der Waals surface area contributed by atoms with Crippen LogP contribution in [0.1, 0.15) is 17.1 Å². The normalized spacial score (nSPS) is 11.7. The number of nitrogens with two attached hydrogens (primary N) is 1. The van der Waals surface area contributed by atoms with Crippen LogP contribution < -0.4 is 11.1 Å². The minimum Gasteiger partial charge on any atom is -0.409 e. The molecule has 2 aromatic heterocycles. The molecule has 8 heteroatoms. The van der Waals surface area contributed by atoms with Gasteiger partial charge in [-0.2, -0.15) is 4.98 Å².